The van der Waals surface area contributed by atoms with Gasteiger partial charge in [0.05, 0.1) is 6.07 Å². The Kier molecular flexibility index (Phi) is 4.70. The molecule has 2 nitrogen and oxygen atoms in total. The van der Waals surface area contributed by atoms with Crippen LogP contribution in [0.15, 0.2) is 22.7 Å². The van der Waals surface area contributed by atoms with Gasteiger partial charge in [0.15, 0.2) is 5.78 Å². The molecule has 84 valence electrons. The largest absolute Gasteiger partial charge is 0.294 e. The van der Waals surface area contributed by atoms with Crippen LogP contribution in [0.25, 0.3) is 0 Å². The van der Waals surface area contributed by atoms with E-state index >= 15 is 0 Å². The number of hydrogen-bond donors (Lipinski definition) is 0. The molecule has 0 spiro atoms. The molecule has 0 amide bonds. The Morgan fingerprint density at radius 1 is 1.56 bits per heavy atom. The molecule has 0 aromatic heterocycles. The van der Waals surface area contributed by atoms with Crippen LogP contribution in [0, 0.1) is 24.2 Å². The zero-order valence-electron chi connectivity index (χ0n) is 9.46. The quantitative estimate of drug-likeness (QED) is 0.785. The number of rotatable bonds is 4. The highest BCUT2D eigenvalue weighted by atomic mass is 79.9. The topological polar surface area (TPSA) is 40.9 Å². The minimum absolute atomic E-state index is 0.0600. The molecule has 1 unspecified atom stereocenters. The van der Waals surface area contributed by atoms with Crippen LogP contribution in [-0.4, -0.2) is 5.78 Å². The molecule has 1 aromatic carbocycles. The van der Waals surface area contributed by atoms with E-state index in [0.717, 1.165) is 10.0 Å². The fraction of sp³-hybridized carbons (Fsp3) is 0.385. The summed E-state index contributed by atoms with van der Waals surface area (Å²) < 4.78 is 0.935. The van der Waals surface area contributed by atoms with Crippen LogP contribution in [-0.2, 0) is 0 Å². The Bertz CT molecular complexity index is 434. The van der Waals surface area contributed by atoms with E-state index in [4.69, 9.17) is 5.26 Å². The molecular formula is C13H14BrNO. The number of nitriles is 1. The number of carbonyl (C=O) groups excluding carboxylic acids is 1. The molecule has 0 aliphatic carbocycles. The second-order valence-corrected chi connectivity index (χ2v) is 4.65. The molecule has 0 saturated heterocycles. The van der Waals surface area contributed by atoms with Crippen LogP contribution in [0.1, 0.15) is 35.7 Å². The third-order valence-electron chi connectivity index (χ3n) is 2.66. The fourth-order valence-electron chi connectivity index (χ4n) is 1.51. The second kappa shape index (κ2) is 5.81. The van der Waals surface area contributed by atoms with Crippen LogP contribution in [0.5, 0.6) is 0 Å². The molecule has 0 heterocycles. The standard InChI is InChI=1S/C13H14BrNO/c1-3-10(6-7-15)13(16)11-5-4-9(2)12(14)8-11/h4-5,8,10H,3,6H2,1-2H3. The number of ketones is 1. The number of carbonyl (C=O) groups is 1. The van der Waals surface area contributed by atoms with Crippen LogP contribution < -0.4 is 0 Å². The van der Waals surface area contributed by atoms with Crippen molar-refractivity contribution in [3.05, 3.63) is 33.8 Å². The van der Waals surface area contributed by atoms with Crippen molar-refractivity contribution in [3.8, 4) is 6.07 Å². The van der Waals surface area contributed by atoms with Crippen LogP contribution in [0.3, 0.4) is 0 Å². The molecule has 1 atom stereocenters. The molecule has 16 heavy (non-hydrogen) atoms. The van der Waals surface area contributed by atoms with Gasteiger partial charge < -0.3 is 0 Å². The average molecular weight is 280 g/mol. The van der Waals surface area contributed by atoms with Gasteiger partial charge in [0.25, 0.3) is 0 Å². The van der Waals surface area contributed by atoms with Crippen molar-refractivity contribution in [2.75, 3.05) is 0 Å². The summed E-state index contributed by atoms with van der Waals surface area (Å²) in [6, 6.07) is 7.63. The lowest BCUT2D eigenvalue weighted by atomic mass is 9.92. The van der Waals surface area contributed by atoms with Gasteiger partial charge in [-0.3, -0.25) is 4.79 Å². The van der Waals surface area contributed by atoms with Gasteiger partial charge in [-0.1, -0.05) is 35.0 Å². The summed E-state index contributed by atoms with van der Waals surface area (Å²) in [6.45, 7) is 3.91. The molecule has 0 aliphatic rings. The van der Waals surface area contributed by atoms with Crippen molar-refractivity contribution in [3.63, 3.8) is 0 Å². The minimum atomic E-state index is -0.181. The molecule has 0 bridgehead atoms. The maximum absolute atomic E-state index is 12.1. The minimum Gasteiger partial charge on any atom is -0.294 e. The summed E-state index contributed by atoms with van der Waals surface area (Å²) in [5.41, 5.74) is 1.78. The van der Waals surface area contributed by atoms with Gasteiger partial charge in [0.1, 0.15) is 0 Å². The number of nitrogens with zero attached hydrogens (tertiary/aromatic N) is 1. The normalized spacial score (nSPS) is 11.9. The van der Waals surface area contributed by atoms with Gasteiger partial charge >= 0.3 is 0 Å². The van der Waals surface area contributed by atoms with E-state index < -0.39 is 0 Å². The predicted octanol–water partition coefficient (Wildman–Crippen LogP) is 3.88. The lowest BCUT2D eigenvalue weighted by Gasteiger charge is -2.10. The molecular weight excluding hydrogens is 266 g/mol. The second-order valence-electron chi connectivity index (χ2n) is 3.80. The Morgan fingerprint density at radius 3 is 2.75 bits per heavy atom. The molecule has 0 N–H and O–H groups in total. The van der Waals surface area contributed by atoms with Crippen molar-refractivity contribution < 1.29 is 4.79 Å². The van der Waals surface area contributed by atoms with Gasteiger partial charge in [-0.2, -0.15) is 5.26 Å². The molecule has 0 saturated carbocycles. The maximum Gasteiger partial charge on any atom is 0.166 e. The lowest BCUT2D eigenvalue weighted by Crippen LogP contribution is -2.13. The van der Waals surface area contributed by atoms with E-state index in [0.29, 0.717) is 18.4 Å². The Morgan fingerprint density at radius 2 is 2.25 bits per heavy atom. The lowest BCUT2D eigenvalue weighted by molar-refractivity contribution is 0.0918. The summed E-state index contributed by atoms with van der Waals surface area (Å²) in [7, 11) is 0. The third kappa shape index (κ3) is 2.93. The van der Waals surface area contributed by atoms with Gasteiger partial charge in [-0.05, 0) is 25.0 Å². The first kappa shape index (κ1) is 12.9. The Balaban J connectivity index is 2.95. The smallest absolute Gasteiger partial charge is 0.166 e. The summed E-state index contributed by atoms with van der Waals surface area (Å²) in [5.74, 6) is -0.121. The van der Waals surface area contributed by atoms with E-state index in [1.807, 2.05) is 32.0 Å². The van der Waals surface area contributed by atoms with Crippen LogP contribution >= 0.6 is 15.9 Å². The number of benzene rings is 1. The van der Waals surface area contributed by atoms with Crippen molar-refractivity contribution >= 4 is 21.7 Å². The molecule has 1 rings (SSSR count). The number of halogens is 1. The third-order valence-corrected chi connectivity index (χ3v) is 3.51. The highest BCUT2D eigenvalue weighted by molar-refractivity contribution is 9.10. The van der Waals surface area contributed by atoms with Crippen molar-refractivity contribution in [2.24, 2.45) is 5.92 Å². The van der Waals surface area contributed by atoms with Gasteiger partial charge in [-0.15, -0.1) is 0 Å². The zero-order chi connectivity index (χ0) is 12.1. The SMILES string of the molecule is CCC(CC#N)C(=O)c1ccc(C)c(Br)c1. The van der Waals surface area contributed by atoms with Gasteiger partial charge in [-0.25, -0.2) is 0 Å². The molecule has 3 heteroatoms. The van der Waals surface area contributed by atoms with E-state index in [2.05, 4.69) is 22.0 Å². The summed E-state index contributed by atoms with van der Waals surface area (Å²) >= 11 is 3.41. The number of hydrogen-bond acceptors (Lipinski definition) is 2. The first-order chi connectivity index (χ1) is 7.60. The molecule has 0 fully saturated rings. The summed E-state index contributed by atoms with van der Waals surface area (Å²) in [6.07, 6.45) is 0.999. The number of aryl methyl sites for hydroxylation is 1. The van der Waals surface area contributed by atoms with Crippen LogP contribution in [0.4, 0.5) is 0 Å². The maximum atomic E-state index is 12.1. The van der Waals surface area contributed by atoms with Gasteiger partial charge in [0.2, 0.25) is 0 Å². The van der Waals surface area contributed by atoms with E-state index in [-0.39, 0.29) is 11.7 Å². The number of Topliss-reactive ketones (excluding diaryl/α,β-unsaturated/α-hetero) is 1. The van der Waals surface area contributed by atoms with Gasteiger partial charge in [0, 0.05) is 22.4 Å². The first-order valence-corrected chi connectivity index (χ1v) is 6.06. The fourth-order valence-corrected chi connectivity index (χ4v) is 1.89. The molecule has 1 aromatic rings. The van der Waals surface area contributed by atoms with Crippen molar-refractivity contribution in [2.45, 2.75) is 26.7 Å². The van der Waals surface area contributed by atoms with E-state index in [1.165, 1.54) is 0 Å². The summed E-state index contributed by atoms with van der Waals surface area (Å²) in [5, 5.41) is 8.65. The molecule has 0 radical (unpaired) electrons. The highest BCUT2D eigenvalue weighted by Gasteiger charge is 2.18. The zero-order valence-corrected chi connectivity index (χ0v) is 11.0. The summed E-state index contributed by atoms with van der Waals surface area (Å²) in [4.78, 5) is 12.1. The van der Waals surface area contributed by atoms with E-state index in [1.54, 1.807) is 0 Å². The van der Waals surface area contributed by atoms with E-state index in [9.17, 15) is 4.79 Å². The van der Waals surface area contributed by atoms with Crippen LogP contribution in [0.2, 0.25) is 0 Å². The first-order valence-electron chi connectivity index (χ1n) is 5.27. The average Bonchev–Trinajstić information content (AvgIpc) is 2.28. The highest BCUT2D eigenvalue weighted by Crippen LogP contribution is 2.21. The van der Waals surface area contributed by atoms with Crippen molar-refractivity contribution in [1.29, 1.82) is 5.26 Å². The Hall–Kier alpha value is -1.14. The van der Waals surface area contributed by atoms with Crippen molar-refractivity contribution in [1.82, 2.24) is 0 Å². The monoisotopic (exact) mass is 279 g/mol. The predicted molar refractivity (Wildman–Crippen MR) is 67.2 cm³/mol. The molecule has 0 aliphatic heterocycles. The Labute approximate surface area is 104 Å².